The van der Waals surface area contributed by atoms with Gasteiger partial charge < -0.3 is 10.4 Å². The Morgan fingerprint density at radius 1 is 1.70 bits per heavy atom. The third-order valence-electron chi connectivity index (χ3n) is 2.79. The molecular weight excluding hydrogens is 130 g/mol. The van der Waals surface area contributed by atoms with E-state index < -0.39 is 5.97 Å². The third-order valence-corrected chi connectivity index (χ3v) is 2.79. The average Bonchev–Trinajstić information content (AvgIpc) is 2.45. The van der Waals surface area contributed by atoms with Crippen molar-refractivity contribution in [2.24, 2.45) is 5.41 Å². The Kier molecular flexibility index (Phi) is 1.06. The zero-order valence-electron chi connectivity index (χ0n) is 5.76. The molecule has 3 heteroatoms. The Morgan fingerprint density at radius 2 is 2.50 bits per heavy atom. The summed E-state index contributed by atoms with van der Waals surface area (Å²) in [6, 6.07) is 0.496. The van der Waals surface area contributed by atoms with Crippen LogP contribution in [0.1, 0.15) is 19.3 Å². The molecule has 1 heterocycles. The lowest BCUT2D eigenvalue weighted by Crippen LogP contribution is -2.35. The summed E-state index contributed by atoms with van der Waals surface area (Å²) in [6.45, 7) is 0.687. The van der Waals surface area contributed by atoms with E-state index in [0.29, 0.717) is 12.6 Å². The van der Waals surface area contributed by atoms with Crippen molar-refractivity contribution in [1.82, 2.24) is 5.32 Å². The second-order valence-electron chi connectivity index (χ2n) is 3.41. The lowest BCUT2D eigenvalue weighted by molar-refractivity contribution is -0.147. The van der Waals surface area contributed by atoms with Gasteiger partial charge in [0.15, 0.2) is 0 Å². The number of hydrogen-bond donors (Lipinski definition) is 2. The molecule has 2 atom stereocenters. The maximum Gasteiger partial charge on any atom is 0.310 e. The number of piperidine rings is 1. The molecule has 2 N–H and O–H groups in total. The normalized spacial score (nSPS) is 44.2. The van der Waals surface area contributed by atoms with Gasteiger partial charge in [-0.2, -0.15) is 0 Å². The summed E-state index contributed by atoms with van der Waals surface area (Å²) in [6.07, 6.45) is 2.77. The predicted molar refractivity (Wildman–Crippen MR) is 35.7 cm³/mol. The fraction of sp³-hybridized carbons (Fsp3) is 0.857. The Hall–Kier alpha value is -0.570. The van der Waals surface area contributed by atoms with E-state index in [4.69, 9.17) is 5.11 Å². The first-order valence-corrected chi connectivity index (χ1v) is 3.70. The second-order valence-corrected chi connectivity index (χ2v) is 3.41. The van der Waals surface area contributed by atoms with Gasteiger partial charge >= 0.3 is 5.97 Å². The molecule has 0 amide bonds. The Balaban J connectivity index is 2.23. The minimum Gasteiger partial charge on any atom is -0.481 e. The molecule has 1 unspecified atom stereocenters. The van der Waals surface area contributed by atoms with Crippen molar-refractivity contribution >= 4 is 5.97 Å². The first-order chi connectivity index (χ1) is 4.73. The second kappa shape index (κ2) is 1.72. The summed E-state index contributed by atoms with van der Waals surface area (Å²) in [5.74, 6) is -0.611. The fourth-order valence-corrected chi connectivity index (χ4v) is 2.07. The molecule has 0 spiro atoms. The summed E-state index contributed by atoms with van der Waals surface area (Å²) in [7, 11) is 0. The van der Waals surface area contributed by atoms with Crippen molar-refractivity contribution in [3.05, 3.63) is 0 Å². The molecule has 1 aliphatic carbocycles. The van der Waals surface area contributed by atoms with Gasteiger partial charge in [0.05, 0.1) is 5.41 Å². The summed E-state index contributed by atoms with van der Waals surface area (Å²) in [4.78, 5) is 10.7. The molecule has 2 aliphatic rings. The highest BCUT2D eigenvalue weighted by molar-refractivity contribution is 5.76. The number of carboxylic acid groups (broad SMARTS) is 1. The molecule has 0 radical (unpaired) electrons. The van der Waals surface area contributed by atoms with Gasteiger partial charge in [-0.25, -0.2) is 0 Å². The number of rotatable bonds is 1. The highest BCUT2D eigenvalue weighted by Crippen LogP contribution is 2.42. The molecule has 0 aromatic rings. The Morgan fingerprint density at radius 3 is 2.70 bits per heavy atom. The van der Waals surface area contributed by atoms with Crippen LogP contribution in [0.4, 0.5) is 0 Å². The van der Waals surface area contributed by atoms with Crippen LogP contribution >= 0.6 is 0 Å². The van der Waals surface area contributed by atoms with Crippen LogP contribution in [-0.4, -0.2) is 23.7 Å². The van der Waals surface area contributed by atoms with Crippen molar-refractivity contribution in [1.29, 1.82) is 0 Å². The van der Waals surface area contributed by atoms with Crippen molar-refractivity contribution in [3.63, 3.8) is 0 Å². The van der Waals surface area contributed by atoms with Gasteiger partial charge in [0.1, 0.15) is 0 Å². The minimum absolute atomic E-state index is 0.384. The van der Waals surface area contributed by atoms with Gasteiger partial charge in [0, 0.05) is 12.6 Å². The smallest absolute Gasteiger partial charge is 0.310 e. The van der Waals surface area contributed by atoms with Gasteiger partial charge in [-0.15, -0.1) is 0 Å². The van der Waals surface area contributed by atoms with Crippen LogP contribution in [0.25, 0.3) is 0 Å². The summed E-state index contributed by atoms with van der Waals surface area (Å²) in [5.41, 5.74) is -0.384. The molecule has 2 fully saturated rings. The summed E-state index contributed by atoms with van der Waals surface area (Å²) >= 11 is 0. The third kappa shape index (κ3) is 0.611. The van der Waals surface area contributed by atoms with E-state index in [0.717, 1.165) is 19.3 Å². The van der Waals surface area contributed by atoms with E-state index in [9.17, 15) is 4.79 Å². The van der Waals surface area contributed by atoms with Crippen LogP contribution < -0.4 is 5.32 Å². The molecule has 0 aromatic heterocycles. The number of hydrogen-bond acceptors (Lipinski definition) is 2. The van der Waals surface area contributed by atoms with Gasteiger partial charge in [-0.1, -0.05) is 0 Å². The van der Waals surface area contributed by atoms with E-state index in [1.807, 2.05) is 0 Å². The van der Waals surface area contributed by atoms with E-state index >= 15 is 0 Å². The highest BCUT2D eigenvalue weighted by Gasteiger charge is 2.50. The summed E-state index contributed by atoms with van der Waals surface area (Å²) < 4.78 is 0. The maximum absolute atomic E-state index is 10.7. The molecule has 56 valence electrons. The first-order valence-electron chi connectivity index (χ1n) is 3.70. The maximum atomic E-state index is 10.7. The van der Waals surface area contributed by atoms with Gasteiger partial charge in [-0.05, 0) is 19.3 Å². The van der Waals surface area contributed by atoms with Crippen molar-refractivity contribution in [2.75, 3.05) is 6.54 Å². The van der Waals surface area contributed by atoms with E-state index in [1.165, 1.54) is 0 Å². The zero-order chi connectivity index (χ0) is 7.19. The molecule has 0 aromatic carbocycles. The predicted octanol–water partition coefficient (Wildman–Crippen LogP) is 0.213. The van der Waals surface area contributed by atoms with Gasteiger partial charge in [0.25, 0.3) is 0 Å². The average molecular weight is 141 g/mol. The minimum atomic E-state index is -0.611. The van der Waals surface area contributed by atoms with Crippen LogP contribution in [0.2, 0.25) is 0 Å². The monoisotopic (exact) mass is 141 g/mol. The molecule has 1 aliphatic heterocycles. The zero-order valence-corrected chi connectivity index (χ0v) is 5.76. The SMILES string of the molecule is O=C(O)C12CC[C@H](C1)NC2. The number of carbonyl (C=O) groups is 1. The quantitative estimate of drug-likeness (QED) is 0.549. The van der Waals surface area contributed by atoms with E-state index in [1.54, 1.807) is 0 Å². The highest BCUT2D eigenvalue weighted by atomic mass is 16.4. The fourth-order valence-electron chi connectivity index (χ4n) is 2.07. The van der Waals surface area contributed by atoms with Crippen molar-refractivity contribution in [2.45, 2.75) is 25.3 Å². The Labute approximate surface area is 59.4 Å². The van der Waals surface area contributed by atoms with Crippen molar-refractivity contribution < 1.29 is 9.90 Å². The lowest BCUT2D eigenvalue weighted by Gasteiger charge is -2.20. The topological polar surface area (TPSA) is 49.3 Å². The van der Waals surface area contributed by atoms with Crippen LogP contribution in [0.15, 0.2) is 0 Å². The number of fused-ring (bicyclic) bond motifs is 2. The van der Waals surface area contributed by atoms with Crippen molar-refractivity contribution in [3.8, 4) is 0 Å². The first kappa shape index (κ1) is 6.16. The molecule has 10 heavy (non-hydrogen) atoms. The molecule has 2 bridgehead atoms. The molecule has 1 saturated carbocycles. The molecule has 3 nitrogen and oxygen atoms in total. The standard InChI is InChI=1S/C7H11NO2/c9-6(10)7-2-1-5(3-7)8-4-7/h5,8H,1-4H2,(H,9,10)/t5-,7?/m1/s1. The van der Waals surface area contributed by atoms with Crippen LogP contribution in [0.5, 0.6) is 0 Å². The van der Waals surface area contributed by atoms with E-state index in [-0.39, 0.29) is 5.41 Å². The van der Waals surface area contributed by atoms with Crippen LogP contribution in [0, 0.1) is 5.41 Å². The van der Waals surface area contributed by atoms with Gasteiger partial charge in [0.2, 0.25) is 0 Å². The lowest BCUT2D eigenvalue weighted by atomic mass is 9.88. The van der Waals surface area contributed by atoms with Crippen LogP contribution in [-0.2, 0) is 4.79 Å². The largest absolute Gasteiger partial charge is 0.481 e. The summed E-state index contributed by atoms with van der Waals surface area (Å²) in [5, 5.41) is 12.0. The van der Waals surface area contributed by atoms with Gasteiger partial charge in [-0.3, -0.25) is 4.79 Å². The Bertz CT molecular complexity index is 170. The number of nitrogens with one attached hydrogen (secondary N) is 1. The molecule has 1 saturated heterocycles. The molecule has 2 rings (SSSR count). The van der Waals surface area contributed by atoms with E-state index in [2.05, 4.69) is 5.32 Å². The number of aliphatic carboxylic acids is 1. The van der Waals surface area contributed by atoms with Crippen LogP contribution in [0.3, 0.4) is 0 Å². The molecular formula is C7H11NO2. The number of carboxylic acids is 1.